The van der Waals surface area contributed by atoms with Gasteiger partial charge in [0.05, 0.1) is 4.88 Å². The maximum Gasteiger partial charge on any atom is 0.287 e. The van der Waals surface area contributed by atoms with Gasteiger partial charge in [-0.15, -0.1) is 11.3 Å². The summed E-state index contributed by atoms with van der Waals surface area (Å²) in [5.41, 5.74) is 0. The van der Waals surface area contributed by atoms with Crippen molar-refractivity contribution >= 4 is 27.3 Å². The first-order chi connectivity index (χ1) is 12.3. The number of amides is 1. The Balaban J connectivity index is 1.34. The van der Waals surface area contributed by atoms with Gasteiger partial charge in [-0.1, -0.05) is 18.2 Å². The van der Waals surface area contributed by atoms with Gasteiger partial charge in [0.25, 0.3) is 5.91 Å². The summed E-state index contributed by atoms with van der Waals surface area (Å²) in [6.45, 7) is 3.32. The molecule has 3 saturated heterocycles. The summed E-state index contributed by atoms with van der Waals surface area (Å²) in [4.78, 5) is 16.1. The van der Waals surface area contributed by atoms with Crippen LogP contribution in [0.3, 0.4) is 0 Å². The Bertz CT molecular complexity index is 888. The van der Waals surface area contributed by atoms with Gasteiger partial charge in [0.15, 0.2) is 5.76 Å². The van der Waals surface area contributed by atoms with Gasteiger partial charge in [-0.2, -0.15) is 0 Å². The fraction of sp³-hybridized carbons (Fsp3) is 0.350. The highest BCUT2D eigenvalue weighted by Crippen LogP contribution is 2.34. The number of fused-ring (bicyclic) bond motifs is 4. The average Bonchev–Trinajstić information content (AvgIpc) is 3.29. The van der Waals surface area contributed by atoms with Crippen molar-refractivity contribution in [2.75, 3.05) is 19.6 Å². The van der Waals surface area contributed by atoms with Crippen molar-refractivity contribution in [3.63, 3.8) is 0 Å². The van der Waals surface area contributed by atoms with E-state index in [0.717, 1.165) is 17.2 Å². The molecule has 1 N–H and O–H groups in total. The molecular formula is C20H20N2O2S. The molecule has 1 atom stereocenters. The number of carbonyl (C=O) groups is 1. The van der Waals surface area contributed by atoms with E-state index in [-0.39, 0.29) is 11.9 Å². The van der Waals surface area contributed by atoms with Crippen LogP contribution in [0.25, 0.3) is 20.7 Å². The maximum absolute atomic E-state index is 12.6. The number of benzene rings is 1. The van der Waals surface area contributed by atoms with Crippen LogP contribution in [-0.4, -0.2) is 36.5 Å². The van der Waals surface area contributed by atoms with E-state index in [2.05, 4.69) is 28.4 Å². The van der Waals surface area contributed by atoms with Gasteiger partial charge < -0.3 is 14.6 Å². The molecule has 3 aromatic rings. The van der Waals surface area contributed by atoms with Crippen molar-refractivity contribution in [3.05, 3.63) is 48.2 Å². The van der Waals surface area contributed by atoms with Crippen LogP contribution in [0.4, 0.5) is 0 Å². The van der Waals surface area contributed by atoms with E-state index in [9.17, 15) is 4.79 Å². The van der Waals surface area contributed by atoms with Crippen molar-refractivity contribution < 1.29 is 9.21 Å². The molecule has 2 aromatic heterocycles. The van der Waals surface area contributed by atoms with E-state index in [0.29, 0.717) is 11.7 Å². The van der Waals surface area contributed by atoms with E-state index in [4.69, 9.17) is 4.42 Å². The summed E-state index contributed by atoms with van der Waals surface area (Å²) in [5, 5.41) is 4.39. The van der Waals surface area contributed by atoms with E-state index in [1.165, 1.54) is 36.0 Å². The third-order valence-corrected chi connectivity index (χ3v) is 6.60. The number of hydrogen-bond acceptors (Lipinski definition) is 4. The van der Waals surface area contributed by atoms with Crippen LogP contribution in [0.2, 0.25) is 0 Å². The summed E-state index contributed by atoms with van der Waals surface area (Å²) in [5.74, 6) is 1.70. The molecular weight excluding hydrogens is 332 g/mol. The number of furan rings is 1. The zero-order valence-corrected chi connectivity index (χ0v) is 14.7. The number of thiophene rings is 1. The third-order valence-electron chi connectivity index (χ3n) is 5.47. The maximum atomic E-state index is 12.6. The number of nitrogens with one attached hydrogen (secondary N) is 1. The number of nitrogens with zero attached hydrogens (tertiary/aromatic N) is 1. The highest BCUT2D eigenvalue weighted by atomic mass is 32.1. The summed E-state index contributed by atoms with van der Waals surface area (Å²) in [7, 11) is 0. The van der Waals surface area contributed by atoms with Gasteiger partial charge >= 0.3 is 0 Å². The Labute approximate surface area is 150 Å². The molecule has 0 radical (unpaired) electrons. The first kappa shape index (κ1) is 15.2. The van der Waals surface area contributed by atoms with E-state index >= 15 is 0 Å². The van der Waals surface area contributed by atoms with Crippen LogP contribution in [0, 0.1) is 5.92 Å². The lowest BCUT2D eigenvalue weighted by atomic mass is 9.84. The Morgan fingerprint density at radius 3 is 2.76 bits per heavy atom. The molecule has 0 unspecified atom stereocenters. The Morgan fingerprint density at radius 2 is 2.00 bits per heavy atom. The standard InChI is InChI=1S/C20H20N2O2S/c23-20(21-15-12-22-9-7-13(15)8-10-22)17-6-5-16(24-17)19-11-14-3-1-2-4-18(14)25-19/h1-6,11,13,15H,7-10,12H2,(H,21,23)/t15-/m0/s1. The quantitative estimate of drug-likeness (QED) is 0.775. The highest BCUT2D eigenvalue weighted by molar-refractivity contribution is 7.22. The predicted octanol–water partition coefficient (Wildman–Crippen LogP) is 3.99. The summed E-state index contributed by atoms with van der Waals surface area (Å²) < 4.78 is 7.10. The molecule has 128 valence electrons. The number of piperidine rings is 3. The van der Waals surface area contributed by atoms with Gasteiger partial charge in [-0.3, -0.25) is 4.79 Å². The monoisotopic (exact) mass is 352 g/mol. The topological polar surface area (TPSA) is 45.5 Å². The van der Waals surface area contributed by atoms with Gasteiger partial charge in [0.1, 0.15) is 5.76 Å². The smallest absolute Gasteiger partial charge is 0.287 e. The summed E-state index contributed by atoms with van der Waals surface area (Å²) >= 11 is 1.69. The largest absolute Gasteiger partial charge is 0.450 e. The molecule has 3 aliphatic heterocycles. The normalized spacial score (nSPS) is 25.4. The molecule has 3 fully saturated rings. The van der Waals surface area contributed by atoms with Crippen LogP contribution in [0.15, 0.2) is 46.9 Å². The molecule has 6 rings (SSSR count). The molecule has 4 nitrogen and oxygen atoms in total. The second-order valence-electron chi connectivity index (χ2n) is 7.03. The Kier molecular flexibility index (Phi) is 3.64. The Hall–Kier alpha value is -2.11. The van der Waals surface area contributed by atoms with E-state index in [1.807, 2.05) is 18.2 Å². The second kappa shape index (κ2) is 6.00. The van der Waals surface area contributed by atoms with Crippen molar-refractivity contribution in [1.29, 1.82) is 0 Å². The molecule has 5 heteroatoms. The van der Waals surface area contributed by atoms with Crippen LogP contribution in [0.5, 0.6) is 0 Å². The van der Waals surface area contributed by atoms with Crippen LogP contribution in [-0.2, 0) is 0 Å². The molecule has 1 aromatic carbocycles. The zero-order valence-electron chi connectivity index (χ0n) is 13.9. The lowest BCUT2D eigenvalue weighted by molar-refractivity contribution is 0.0606. The first-order valence-corrected chi connectivity index (χ1v) is 9.70. The fourth-order valence-electron chi connectivity index (χ4n) is 4.06. The highest BCUT2D eigenvalue weighted by Gasteiger charge is 2.35. The molecule has 2 bridgehead atoms. The minimum Gasteiger partial charge on any atom is -0.450 e. The number of hydrogen-bond donors (Lipinski definition) is 1. The molecule has 0 spiro atoms. The van der Waals surface area contributed by atoms with Crippen LogP contribution in [0.1, 0.15) is 23.4 Å². The van der Waals surface area contributed by atoms with Crippen molar-refractivity contribution in [2.45, 2.75) is 18.9 Å². The first-order valence-electron chi connectivity index (χ1n) is 8.88. The van der Waals surface area contributed by atoms with Gasteiger partial charge in [-0.25, -0.2) is 0 Å². The van der Waals surface area contributed by atoms with Gasteiger partial charge in [0.2, 0.25) is 0 Å². The minimum absolute atomic E-state index is 0.0916. The fourth-order valence-corrected chi connectivity index (χ4v) is 5.09. The molecule has 3 aliphatic rings. The van der Waals surface area contributed by atoms with E-state index < -0.39 is 0 Å². The summed E-state index contributed by atoms with van der Waals surface area (Å²) in [6, 6.07) is 14.3. The van der Waals surface area contributed by atoms with Crippen LogP contribution < -0.4 is 5.32 Å². The third kappa shape index (κ3) is 2.77. The minimum atomic E-state index is -0.0916. The lowest BCUT2D eigenvalue weighted by Gasteiger charge is -2.44. The Morgan fingerprint density at radius 1 is 1.16 bits per heavy atom. The predicted molar refractivity (Wildman–Crippen MR) is 99.9 cm³/mol. The zero-order chi connectivity index (χ0) is 16.8. The van der Waals surface area contributed by atoms with Crippen molar-refractivity contribution in [1.82, 2.24) is 10.2 Å². The second-order valence-corrected chi connectivity index (χ2v) is 8.11. The lowest BCUT2D eigenvalue weighted by Crippen LogP contribution is -2.57. The molecule has 5 heterocycles. The number of carbonyl (C=O) groups excluding carboxylic acids is 1. The van der Waals surface area contributed by atoms with Gasteiger partial charge in [-0.05, 0) is 61.5 Å². The molecule has 0 saturated carbocycles. The molecule has 25 heavy (non-hydrogen) atoms. The van der Waals surface area contributed by atoms with Crippen molar-refractivity contribution in [3.8, 4) is 10.6 Å². The van der Waals surface area contributed by atoms with Crippen molar-refractivity contribution in [2.24, 2.45) is 5.92 Å². The van der Waals surface area contributed by atoms with Gasteiger partial charge in [0, 0.05) is 17.3 Å². The molecule has 1 amide bonds. The molecule has 0 aliphatic carbocycles. The SMILES string of the molecule is O=C(N[C@H]1CN2CCC1CC2)c1ccc(-c2cc3ccccc3s2)o1. The van der Waals surface area contributed by atoms with E-state index in [1.54, 1.807) is 17.4 Å². The van der Waals surface area contributed by atoms with Crippen LogP contribution >= 0.6 is 11.3 Å². The average molecular weight is 352 g/mol. The summed E-state index contributed by atoms with van der Waals surface area (Å²) in [6.07, 6.45) is 2.38. The number of rotatable bonds is 3.